The molecule has 0 spiro atoms. The van der Waals surface area contributed by atoms with E-state index < -0.39 is 0 Å². The van der Waals surface area contributed by atoms with E-state index in [2.05, 4.69) is 19.9 Å². The highest BCUT2D eigenvalue weighted by molar-refractivity contribution is 5.79. The molecule has 0 atom stereocenters. The first-order chi connectivity index (χ1) is 14.1. The molecule has 8 heteroatoms. The zero-order valence-electron chi connectivity index (χ0n) is 16.7. The Bertz CT molecular complexity index is 981. The molecular formula is C21H24N6O2. The van der Waals surface area contributed by atoms with Crippen LogP contribution in [0.2, 0.25) is 0 Å². The number of carbonyl (C=O) groups excluding carboxylic acids is 1. The molecule has 1 fully saturated rings. The Hall–Kier alpha value is -3.42. The number of imidazole rings is 1. The Kier molecular flexibility index (Phi) is 5.41. The van der Waals surface area contributed by atoms with Gasteiger partial charge in [0.05, 0.1) is 13.5 Å². The molecule has 2 aromatic heterocycles. The predicted molar refractivity (Wildman–Crippen MR) is 109 cm³/mol. The van der Waals surface area contributed by atoms with Gasteiger partial charge >= 0.3 is 0 Å². The minimum Gasteiger partial charge on any atom is -0.496 e. The minimum atomic E-state index is 0.149. The molecule has 3 aromatic rings. The molecular weight excluding hydrogens is 368 g/mol. The van der Waals surface area contributed by atoms with E-state index in [1.54, 1.807) is 26.0 Å². The first-order valence-electron chi connectivity index (χ1n) is 9.60. The first kappa shape index (κ1) is 18.9. The van der Waals surface area contributed by atoms with Gasteiger partial charge in [-0.1, -0.05) is 12.1 Å². The van der Waals surface area contributed by atoms with E-state index >= 15 is 0 Å². The Morgan fingerprint density at radius 1 is 1.10 bits per heavy atom. The summed E-state index contributed by atoms with van der Waals surface area (Å²) in [7, 11) is 1.66. The molecule has 0 N–H and O–H groups in total. The fraction of sp³-hybridized carbons (Fsp3) is 0.333. The number of hydrogen-bond acceptors (Lipinski definition) is 6. The van der Waals surface area contributed by atoms with E-state index in [0.717, 1.165) is 41.6 Å². The van der Waals surface area contributed by atoms with Crippen molar-refractivity contribution in [1.82, 2.24) is 24.4 Å². The van der Waals surface area contributed by atoms with Gasteiger partial charge in [-0.15, -0.1) is 0 Å². The number of aryl methyl sites for hydroxylation is 1. The maximum atomic E-state index is 12.7. The number of carbonyl (C=O) groups is 1. The number of piperazine rings is 1. The van der Waals surface area contributed by atoms with Crippen LogP contribution in [0.4, 0.5) is 5.82 Å². The largest absolute Gasteiger partial charge is 0.496 e. The lowest BCUT2D eigenvalue weighted by molar-refractivity contribution is -0.130. The lowest BCUT2D eigenvalue weighted by Gasteiger charge is -2.35. The highest BCUT2D eigenvalue weighted by Gasteiger charge is 2.22. The van der Waals surface area contributed by atoms with Crippen molar-refractivity contribution in [3.8, 4) is 11.6 Å². The average Bonchev–Trinajstić information content (AvgIpc) is 3.29. The van der Waals surface area contributed by atoms with Gasteiger partial charge in [-0.3, -0.25) is 9.36 Å². The SMILES string of the molecule is COc1ccc(CC(=O)N2CCN(c3cc(-n4ccnc4)ncn3)CC2)cc1C. The van der Waals surface area contributed by atoms with Gasteiger partial charge in [0.1, 0.15) is 30.0 Å². The second kappa shape index (κ2) is 8.30. The molecule has 4 rings (SSSR count). The van der Waals surface area contributed by atoms with Crippen molar-refractivity contribution in [2.75, 3.05) is 38.2 Å². The summed E-state index contributed by atoms with van der Waals surface area (Å²) in [6.07, 6.45) is 7.25. The minimum absolute atomic E-state index is 0.149. The number of nitrogens with zero attached hydrogens (tertiary/aromatic N) is 6. The van der Waals surface area contributed by atoms with Gasteiger partial charge < -0.3 is 14.5 Å². The van der Waals surface area contributed by atoms with Crippen LogP contribution in [-0.4, -0.2) is 63.6 Å². The number of hydrogen-bond donors (Lipinski definition) is 0. The van der Waals surface area contributed by atoms with E-state index in [9.17, 15) is 4.79 Å². The van der Waals surface area contributed by atoms with Crippen LogP contribution in [-0.2, 0) is 11.2 Å². The van der Waals surface area contributed by atoms with Crippen molar-refractivity contribution in [3.63, 3.8) is 0 Å². The maximum Gasteiger partial charge on any atom is 0.227 e. The fourth-order valence-corrected chi connectivity index (χ4v) is 3.57. The number of methoxy groups -OCH3 is 1. The van der Waals surface area contributed by atoms with E-state index in [1.165, 1.54) is 0 Å². The maximum absolute atomic E-state index is 12.7. The molecule has 0 radical (unpaired) electrons. The summed E-state index contributed by atoms with van der Waals surface area (Å²) >= 11 is 0. The van der Waals surface area contributed by atoms with E-state index in [-0.39, 0.29) is 5.91 Å². The third-order valence-corrected chi connectivity index (χ3v) is 5.18. The van der Waals surface area contributed by atoms with Gasteiger partial charge in [0.25, 0.3) is 0 Å². The van der Waals surface area contributed by atoms with Crippen LogP contribution in [0, 0.1) is 6.92 Å². The van der Waals surface area contributed by atoms with Gasteiger partial charge in [-0.2, -0.15) is 0 Å². The van der Waals surface area contributed by atoms with Crippen LogP contribution < -0.4 is 9.64 Å². The van der Waals surface area contributed by atoms with Gasteiger partial charge in [-0.25, -0.2) is 15.0 Å². The molecule has 0 saturated carbocycles. The van der Waals surface area contributed by atoms with Crippen molar-refractivity contribution in [3.05, 3.63) is 60.4 Å². The number of aromatic nitrogens is 4. The van der Waals surface area contributed by atoms with Crippen molar-refractivity contribution in [2.24, 2.45) is 0 Å². The van der Waals surface area contributed by atoms with Crippen molar-refractivity contribution >= 4 is 11.7 Å². The van der Waals surface area contributed by atoms with Gasteiger partial charge in [-0.05, 0) is 24.1 Å². The Labute approximate surface area is 169 Å². The van der Waals surface area contributed by atoms with Crippen molar-refractivity contribution in [2.45, 2.75) is 13.3 Å². The fourth-order valence-electron chi connectivity index (χ4n) is 3.57. The summed E-state index contributed by atoms with van der Waals surface area (Å²) in [4.78, 5) is 29.6. The summed E-state index contributed by atoms with van der Waals surface area (Å²) < 4.78 is 7.14. The highest BCUT2D eigenvalue weighted by atomic mass is 16.5. The number of rotatable bonds is 5. The van der Waals surface area contributed by atoms with Gasteiger partial charge in [0, 0.05) is 44.6 Å². The van der Waals surface area contributed by atoms with Crippen LogP contribution in [0.3, 0.4) is 0 Å². The van der Waals surface area contributed by atoms with Crippen LogP contribution in [0.5, 0.6) is 5.75 Å². The topological polar surface area (TPSA) is 76.4 Å². The third-order valence-electron chi connectivity index (χ3n) is 5.18. The molecule has 1 aliphatic rings. The molecule has 1 aliphatic heterocycles. The Morgan fingerprint density at radius 3 is 2.59 bits per heavy atom. The zero-order valence-corrected chi connectivity index (χ0v) is 16.7. The zero-order chi connectivity index (χ0) is 20.2. The van der Waals surface area contributed by atoms with E-state index in [4.69, 9.17) is 4.74 Å². The van der Waals surface area contributed by atoms with Crippen LogP contribution in [0.25, 0.3) is 5.82 Å². The summed E-state index contributed by atoms with van der Waals surface area (Å²) in [6, 6.07) is 7.84. The predicted octanol–water partition coefficient (Wildman–Crippen LogP) is 1.87. The van der Waals surface area contributed by atoms with E-state index in [1.807, 2.05) is 46.9 Å². The first-order valence-corrected chi connectivity index (χ1v) is 9.60. The Morgan fingerprint density at radius 2 is 1.90 bits per heavy atom. The molecule has 3 heterocycles. The molecule has 1 saturated heterocycles. The van der Waals surface area contributed by atoms with Crippen LogP contribution in [0.15, 0.2) is 49.3 Å². The standard InChI is InChI=1S/C21H24N6O2/c1-16-11-17(3-4-18(16)29-2)12-21(28)26-9-7-25(8-10-26)19-13-20(24-14-23-19)27-6-5-22-15-27/h3-6,11,13-15H,7-10,12H2,1-2H3. The normalized spacial score (nSPS) is 14.1. The molecule has 29 heavy (non-hydrogen) atoms. The molecule has 8 nitrogen and oxygen atoms in total. The summed E-state index contributed by atoms with van der Waals surface area (Å²) in [5.74, 6) is 2.63. The summed E-state index contributed by atoms with van der Waals surface area (Å²) in [6.45, 7) is 4.84. The highest BCUT2D eigenvalue weighted by Crippen LogP contribution is 2.20. The van der Waals surface area contributed by atoms with Crippen LogP contribution in [0.1, 0.15) is 11.1 Å². The second-order valence-corrected chi connectivity index (χ2v) is 7.05. The van der Waals surface area contributed by atoms with Crippen molar-refractivity contribution in [1.29, 1.82) is 0 Å². The van der Waals surface area contributed by atoms with E-state index in [0.29, 0.717) is 19.5 Å². The number of amides is 1. The second-order valence-electron chi connectivity index (χ2n) is 7.05. The van der Waals surface area contributed by atoms with Crippen molar-refractivity contribution < 1.29 is 9.53 Å². The Balaban J connectivity index is 1.36. The molecule has 150 valence electrons. The van der Waals surface area contributed by atoms with Gasteiger partial charge in [0.2, 0.25) is 5.91 Å². The lowest BCUT2D eigenvalue weighted by atomic mass is 10.1. The third kappa shape index (κ3) is 4.21. The smallest absolute Gasteiger partial charge is 0.227 e. The molecule has 1 aromatic carbocycles. The number of benzene rings is 1. The summed E-state index contributed by atoms with van der Waals surface area (Å²) in [5.41, 5.74) is 2.05. The monoisotopic (exact) mass is 392 g/mol. The molecule has 0 unspecified atom stereocenters. The number of anilines is 1. The number of ether oxygens (including phenoxy) is 1. The van der Waals surface area contributed by atoms with Crippen LogP contribution >= 0.6 is 0 Å². The van der Waals surface area contributed by atoms with Gasteiger partial charge in [0.15, 0.2) is 0 Å². The molecule has 0 aliphatic carbocycles. The lowest BCUT2D eigenvalue weighted by Crippen LogP contribution is -2.49. The summed E-state index contributed by atoms with van der Waals surface area (Å²) in [5, 5.41) is 0. The molecule has 1 amide bonds. The average molecular weight is 392 g/mol. The quantitative estimate of drug-likeness (QED) is 0.660. The molecule has 0 bridgehead atoms.